The summed E-state index contributed by atoms with van der Waals surface area (Å²) in [5.41, 5.74) is 0.297. The molecular weight excluding hydrogens is 220 g/mol. The van der Waals surface area contributed by atoms with Crippen molar-refractivity contribution in [3.8, 4) is 0 Å². The van der Waals surface area contributed by atoms with Crippen LogP contribution in [0.1, 0.15) is 4.88 Å². The van der Waals surface area contributed by atoms with Crippen molar-refractivity contribution in [2.45, 2.75) is 5.41 Å². The number of ether oxygens (including phenoxy) is 1. The van der Waals surface area contributed by atoms with E-state index in [-0.39, 0.29) is 0 Å². The fraction of sp³-hybridized carbons (Fsp3) is 0.667. The third kappa shape index (κ3) is 1.91. The van der Waals surface area contributed by atoms with E-state index in [0.717, 1.165) is 32.8 Å². The summed E-state index contributed by atoms with van der Waals surface area (Å²) in [7, 11) is 0. The summed E-state index contributed by atoms with van der Waals surface area (Å²) >= 11 is 1.87. The van der Waals surface area contributed by atoms with Gasteiger partial charge in [0.05, 0.1) is 18.6 Å². The zero-order valence-electron chi connectivity index (χ0n) is 9.45. The second-order valence-corrected chi connectivity index (χ2v) is 5.72. The van der Waals surface area contributed by atoms with Crippen molar-refractivity contribution in [2.75, 3.05) is 45.9 Å². The average molecular weight is 238 g/mol. The maximum Gasteiger partial charge on any atom is 0.0640 e. The van der Waals surface area contributed by atoms with Crippen molar-refractivity contribution < 1.29 is 4.74 Å². The highest BCUT2D eigenvalue weighted by Gasteiger charge is 2.42. The van der Waals surface area contributed by atoms with Gasteiger partial charge in [0.2, 0.25) is 0 Å². The van der Waals surface area contributed by atoms with Gasteiger partial charge < -0.3 is 10.1 Å². The first kappa shape index (κ1) is 10.7. The van der Waals surface area contributed by atoms with Gasteiger partial charge in [0, 0.05) is 37.6 Å². The quantitative estimate of drug-likeness (QED) is 0.847. The third-order valence-electron chi connectivity index (χ3n) is 3.54. The Balaban J connectivity index is 1.70. The summed E-state index contributed by atoms with van der Waals surface area (Å²) in [4.78, 5) is 4.07. The molecule has 3 heterocycles. The first-order chi connectivity index (χ1) is 7.89. The summed E-state index contributed by atoms with van der Waals surface area (Å²) < 4.78 is 5.47. The van der Waals surface area contributed by atoms with Crippen molar-refractivity contribution >= 4 is 11.3 Å². The molecule has 0 radical (unpaired) electrons. The zero-order valence-corrected chi connectivity index (χ0v) is 10.3. The third-order valence-corrected chi connectivity index (χ3v) is 4.65. The lowest BCUT2D eigenvalue weighted by Gasteiger charge is -2.45. The molecule has 1 aromatic rings. The molecule has 0 unspecified atom stereocenters. The second-order valence-electron chi connectivity index (χ2n) is 4.78. The molecule has 2 aliphatic rings. The SMILES string of the molecule is c1csc(C2(CN3CCNCC3)COC2)c1. The van der Waals surface area contributed by atoms with E-state index in [1.165, 1.54) is 18.0 Å². The fourth-order valence-electron chi connectivity index (χ4n) is 2.54. The molecule has 2 aliphatic heterocycles. The van der Waals surface area contributed by atoms with Gasteiger partial charge in [-0.25, -0.2) is 0 Å². The summed E-state index contributed by atoms with van der Waals surface area (Å²) in [6.45, 7) is 7.56. The zero-order chi connectivity index (χ0) is 10.8. The molecule has 0 saturated carbocycles. The minimum absolute atomic E-state index is 0.297. The predicted molar refractivity (Wildman–Crippen MR) is 66.1 cm³/mol. The van der Waals surface area contributed by atoms with Crippen LogP contribution in [0, 0.1) is 0 Å². The summed E-state index contributed by atoms with van der Waals surface area (Å²) in [5.74, 6) is 0. The largest absolute Gasteiger partial charge is 0.379 e. The molecular formula is C12H18N2OS. The van der Waals surface area contributed by atoms with Crippen molar-refractivity contribution in [3.63, 3.8) is 0 Å². The highest BCUT2D eigenvalue weighted by Crippen LogP contribution is 2.36. The number of nitrogens with zero attached hydrogens (tertiary/aromatic N) is 1. The van der Waals surface area contributed by atoms with E-state index in [2.05, 4.69) is 27.7 Å². The molecule has 0 amide bonds. The van der Waals surface area contributed by atoms with Gasteiger partial charge in [-0.3, -0.25) is 4.90 Å². The number of hydrogen-bond donors (Lipinski definition) is 1. The molecule has 0 spiro atoms. The van der Waals surface area contributed by atoms with Crippen LogP contribution in [0.3, 0.4) is 0 Å². The maximum atomic E-state index is 5.47. The van der Waals surface area contributed by atoms with Gasteiger partial charge in [-0.05, 0) is 11.4 Å². The number of nitrogens with one attached hydrogen (secondary N) is 1. The Bertz CT molecular complexity index is 329. The topological polar surface area (TPSA) is 24.5 Å². The van der Waals surface area contributed by atoms with Gasteiger partial charge in [0.15, 0.2) is 0 Å². The van der Waals surface area contributed by atoms with Gasteiger partial charge in [0.25, 0.3) is 0 Å². The highest BCUT2D eigenvalue weighted by molar-refractivity contribution is 7.10. The smallest absolute Gasteiger partial charge is 0.0640 e. The maximum absolute atomic E-state index is 5.47. The Labute approximate surface area is 100 Å². The van der Waals surface area contributed by atoms with Gasteiger partial charge in [-0.15, -0.1) is 11.3 Å². The number of thiophene rings is 1. The molecule has 2 fully saturated rings. The van der Waals surface area contributed by atoms with Gasteiger partial charge in [0.1, 0.15) is 0 Å². The highest BCUT2D eigenvalue weighted by atomic mass is 32.1. The molecule has 3 rings (SSSR count). The Morgan fingerprint density at radius 2 is 2.19 bits per heavy atom. The Morgan fingerprint density at radius 1 is 1.38 bits per heavy atom. The molecule has 4 heteroatoms. The minimum atomic E-state index is 0.297. The monoisotopic (exact) mass is 238 g/mol. The predicted octanol–water partition coefficient (Wildman–Crippen LogP) is 0.921. The first-order valence-corrected chi connectivity index (χ1v) is 6.82. The minimum Gasteiger partial charge on any atom is -0.379 e. The van der Waals surface area contributed by atoms with E-state index in [9.17, 15) is 0 Å². The lowest BCUT2D eigenvalue weighted by molar-refractivity contribution is -0.0738. The molecule has 2 saturated heterocycles. The molecule has 3 nitrogen and oxygen atoms in total. The molecule has 0 bridgehead atoms. The van der Waals surface area contributed by atoms with Crippen LogP contribution in [0.4, 0.5) is 0 Å². The van der Waals surface area contributed by atoms with Crippen molar-refractivity contribution in [1.29, 1.82) is 0 Å². The summed E-state index contributed by atoms with van der Waals surface area (Å²) in [5, 5.41) is 5.57. The van der Waals surface area contributed by atoms with E-state index < -0.39 is 0 Å². The van der Waals surface area contributed by atoms with Crippen LogP contribution in [-0.2, 0) is 10.2 Å². The number of hydrogen-bond acceptors (Lipinski definition) is 4. The number of piperazine rings is 1. The normalized spacial score (nSPS) is 25.2. The van der Waals surface area contributed by atoms with Crippen LogP contribution in [0.25, 0.3) is 0 Å². The molecule has 0 aliphatic carbocycles. The molecule has 1 aromatic heterocycles. The van der Waals surface area contributed by atoms with E-state index in [1.807, 2.05) is 11.3 Å². The van der Waals surface area contributed by atoms with Crippen LogP contribution in [0.15, 0.2) is 17.5 Å². The molecule has 0 atom stereocenters. The lowest BCUT2D eigenvalue weighted by Crippen LogP contribution is -2.57. The van der Waals surface area contributed by atoms with Crippen molar-refractivity contribution in [2.24, 2.45) is 0 Å². The Kier molecular flexibility index (Phi) is 2.98. The van der Waals surface area contributed by atoms with Crippen LogP contribution in [-0.4, -0.2) is 50.8 Å². The van der Waals surface area contributed by atoms with Gasteiger partial charge >= 0.3 is 0 Å². The van der Waals surface area contributed by atoms with E-state index in [4.69, 9.17) is 4.74 Å². The van der Waals surface area contributed by atoms with Crippen LogP contribution in [0.5, 0.6) is 0 Å². The van der Waals surface area contributed by atoms with Crippen molar-refractivity contribution in [1.82, 2.24) is 10.2 Å². The van der Waals surface area contributed by atoms with Crippen LogP contribution < -0.4 is 5.32 Å². The Morgan fingerprint density at radius 3 is 2.75 bits per heavy atom. The van der Waals surface area contributed by atoms with Crippen LogP contribution in [0.2, 0.25) is 0 Å². The first-order valence-electron chi connectivity index (χ1n) is 5.94. The summed E-state index contributed by atoms with van der Waals surface area (Å²) in [6.07, 6.45) is 0. The average Bonchev–Trinajstić information content (AvgIpc) is 2.78. The molecule has 88 valence electrons. The lowest BCUT2D eigenvalue weighted by atomic mass is 9.83. The van der Waals surface area contributed by atoms with Crippen molar-refractivity contribution in [3.05, 3.63) is 22.4 Å². The second kappa shape index (κ2) is 4.45. The van der Waals surface area contributed by atoms with Gasteiger partial charge in [-0.1, -0.05) is 6.07 Å². The number of rotatable bonds is 3. The Hall–Kier alpha value is -0.420. The van der Waals surface area contributed by atoms with E-state index >= 15 is 0 Å². The molecule has 0 aromatic carbocycles. The van der Waals surface area contributed by atoms with Gasteiger partial charge in [-0.2, -0.15) is 0 Å². The standard InChI is InChI=1S/C12H18N2OS/c1-2-11(16-7-1)12(9-15-10-12)8-14-5-3-13-4-6-14/h1-2,7,13H,3-6,8-10H2. The fourth-order valence-corrected chi connectivity index (χ4v) is 3.43. The van der Waals surface area contributed by atoms with E-state index in [0.29, 0.717) is 5.41 Å². The van der Waals surface area contributed by atoms with Crippen LogP contribution >= 0.6 is 11.3 Å². The molecule has 1 N–H and O–H groups in total. The summed E-state index contributed by atoms with van der Waals surface area (Å²) in [6, 6.07) is 4.41. The van der Waals surface area contributed by atoms with E-state index in [1.54, 1.807) is 0 Å². The molecule has 16 heavy (non-hydrogen) atoms.